The summed E-state index contributed by atoms with van der Waals surface area (Å²) in [5, 5.41) is 11.4. The number of nitrogens with zero attached hydrogens (tertiary/aromatic N) is 2. The van der Waals surface area contributed by atoms with Crippen LogP contribution >= 0.6 is 0 Å². The number of nitrogens with one attached hydrogen (secondary N) is 3. The van der Waals surface area contributed by atoms with Crippen molar-refractivity contribution in [1.29, 1.82) is 0 Å². The van der Waals surface area contributed by atoms with Crippen LogP contribution < -0.4 is 10.6 Å². The Hall–Kier alpha value is -2.51. The molecule has 3 rings (SSSR count). The zero-order chi connectivity index (χ0) is 14.1. The molecule has 1 saturated carbocycles. The van der Waals surface area contributed by atoms with E-state index in [1.54, 1.807) is 0 Å². The molecule has 1 aliphatic rings. The summed E-state index contributed by atoms with van der Waals surface area (Å²) < 4.78 is 26.5. The third-order valence-electron chi connectivity index (χ3n) is 2.81. The standard InChI is InChI=1S/C12H11F2N5O/c13-7-2-1-3-8(9(7)14)16-12-17-10(18-19-12)11(20)15-6-4-5-6/h1-3,6H,4-5H2,(H,15,20)(H2,16,17,18,19). The van der Waals surface area contributed by atoms with Crippen LogP contribution in [0.25, 0.3) is 0 Å². The maximum Gasteiger partial charge on any atom is 0.288 e. The summed E-state index contributed by atoms with van der Waals surface area (Å²) in [5.41, 5.74) is -0.0989. The fourth-order valence-corrected chi connectivity index (χ4v) is 1.62. The second kappa shape index (κ2) is 4.87. The molecule has 1 aliphatic carbocycles. The first-order valence-corrected chi connectivity index (χ1v) is 6.08. The molecule has 0 atom stereocenters. The predicted molar refractivity (Wildman–Crippen MR) is 66.5 cm³/mol. The highest BCUT2D eigenvalue weighted by Gasteiger charge is 2.25. The van der Waals surface area contributed by atoms with E-state index in [2.05, 4.69) is 25.8 Å². The third kappa shape index (κ3) is 2.58. The van der Waals surface area contributed by atoms with Gasteiger partial charge in [0.1, 0.15) is 0 Å². The maximum atomic E-state index is 13.5. The van der Waals surface area contributed by atoms with E-state index in [0.29, 0.717) is 0 Å². The number of carbonyl (C=O) groups is 1. The number of aromatic amines is 1. The van der Waals surface area contributed by atoms with E-state index in [-0.39, 0.29) is 29.4 Å². The number of rotatable bonds is 4. The van der Waals surface area contributed by atoms with E-state index < -0.39 is 11.6 Å². The molecule has 8 heteroatoms. The van der Waals surface area contributed by atoms with Crippen molar-refractivity contribution >= 4 is 17.5 Å². The maximum absolute atomic E-state index is 13.5. The smallest absolute Gasteiger partial charge is 0.288 e. The molecule has 1 aromatic carbocycles. The Morgan fingerprint density at radius 1 is 1.35 bits per heavy atom. The number of H-pyrrole nitrogens is 1. The molecule has 0 radical (unpaired) electrons. The van der Waals surface area contributed by atoms with Crippen LogP contribution in [0.4, 0.5) is 20.4 Å². The predicted octanol–water partition coefficient (Wildman–Crippen LogP) is 1.72. The van der Waals surface area contributed by atoms with Crippen molar-refractivity contribution in [3.63, 3.8) is 0 Å². The van der Waals surface area contributed by atoms with E-state index in [4.69, 9.17) is 0 Å². The Balaban J connectivity index is 1.73. The van der Waals surface area contributed by atoms with Gasteiger partial charge in [0.05, 0.1) is 5.69 Å². The SMILES string of the molecule is O=C(NC1CC1)c1nc(Nc2cccc(F)c2F)n[nH]1. The molecular formula is C12H11F2N5O. The highest BCUT2D eigenvalue weighted by molar-refractivity contribution is 5.91. The normalized spacial score (nSPS) is 14.1. The molecular weight excluding hydrogens is 268 g/mol. The number of halogens is 2. The van der Waals surface area contributed by atoms with Crippen LogP contribution in [-0.4, -0.2) is 27.1 Å². The molecule has 1 heterocycles. The van der Waals surface area contributed by atoms with Crippen molar-refractivity contribution in [2.75, 3.05) is 5.32 Å². The van der Waals surface area contributed by atoms with Gasteiger partial charge in [-0.25, -0.2) is 8.78 Å². The van der Waals surface area contributed by atoms with E-state index in [9.17, 15) is 13.6 Å². The molecule has 0 spiro atoms. The first-order chi connectivity index (χ1) is 9.63. The van der Waals surface area contributed by atoms with Crippen LogP contribution in [0, 0.1) is 11.6 Å². The molecule has 3 N–H and O–H groups in total. The summed E-state index contributed by atoms with van der Waals surface area (Å²) in [4.78, 5) is 15.6. The fourth-order valence-electron chi connectivity index (χ4n) is 1.62. The van der Waals surface area contributed by atoms with Crippen molar-refractivity contribution < 1.29 is 13.6 Å². The number of hydrogen-bond donors (Lipinski definition) is 3. The molecule has 1 fully saturated rings. The van der Waals surface area contributed by atoms with Crippen LogP contribution in [0.3, 0.4) is 0 Å². The molecule has 1 amide bonds. The lowest BCUT2D eigenvalue weighted by Crippen LogP contribution is -2.26. The monoisotopic (exact) mass is 279 g/mol. The number of aromatic nitrogens is 3. The van der Waals surface area contributed by atoms with E-state index in [0.717, 1.165) is 18.9 Å². The van der Waals surface area contributed by atoms with Crippen molar-refractivity contribution in [1.82, 2.24) is 20.5 Å². The van der Waals surface area contributed by atoms with Gasteiger partial charge in [-0.1, -0.05) is 6.07 Å². The number of benzene rings is 1. The molecule has 0 bridgehead atoms. The highest BCUT2D eigenvalue weighted by Crippen LogP contribution is 2.20. The first-order valence-electron chi connectivity index (χ1n) is 6.08. The second-order valence-electron chi connectivity index (χ2n) is 4.48. The van der Waals surface area contributed by atoms with Crippen molar-refractivity contribution in [3.8, 4) is 0 Å². The van der Waals surface area contributed by atoms with Gasteiger partial charge in [-0.2, -0.15) is 4.98 Å². The molecule has 0 saturated heterocycles. The minimum Gasteiger partial charge on any atom is -0.347 e. The van der Waals surface area contributed by atoms with Gasteiger partial charge in [0.25, 0.3) is 5.91 Å². The number of anilines is 2. The van der Waals surface area contributed by atoms with E-state index in [1.165, 1.54) is 12.1 Å². The zero-order valence-electron chi connectivity index (χ0n) is 10.3. The molecule has 2 aromatic rings. The van der Waals surface area contributed by atoms with Crippen LogP contribution in [0.1, 0.15) is 23.5 Å². The van der Waals surface area contributed by atoms with Gasteiger partial charge in [-0.05, 0) is 25.0 Å². The van der Waals surface area contributed by atoms with Crippen LogP contribution in [0.15, 0.2) is 18.2 Å². The van der Waals surface area contributed by atoms with Crippen LogP contribution in [0.2, 0.25) is 0 Å². The molecule has 6 nitrogen and oxygen atoms in total. The van der Waals surface area contributed by atoms with Crippen LogP contribution in [0.5, 0.6) is 0 Å². The lowest BCUT2D eigenvalue weighted by atomic mass is 10.3. The number of carbonyl (C=O) groups excluding carboxylic acids is 1. The van der Waals surface area contributed by atoms with Gasteiger partial charge in [0.2, 0.25) is 11.8 Å². The van der Waals surface area contributed by atoms with E-state index in [1.807, 2.05) is 0 Å². The average molecular weight is 279 g/mol. The lowest BCUT2D eigenvalue weighted by Gasteiger charge is -2.03. The fraction of sp³-hybridized carbons (Fsp3) is 0.250. The minimum absolute atomic E-state index is 0.00422. The van der Waals surface area contributed by atoms with Gasteiger partial charge < -0.3 is 10.6 Å². The Morgan fingerprint density at radius 3 is 2.90 bits per heavy atom. The number of hydrogen-bond acceptors (Lipinski definition) is 4. The van der Waals surface area contributed by atoms with Gasteiger partial charge in [0, 0.05) is 6.04 Å². The zero-order valence-corrected chi connectivity index (χ0v) is 10.3. The van der Waals surface area contributed by atoms with Gasteiger partial charge in [0.15, 0.2) is 11.6 Å². The topological polar surface area (TPSA) is 82.7 Å². The quantitative estimate of drug-likeness (QED) is 0.795. The molecule has 0 unspecified atom stereocenters. The molecule has 1 aromatic heterocycles. The van der Waals surface area contributed by atoms with Gasteiger partial charge in [-0.3, -0.25) is 9.89 Å². The molecule has 20 heavy (non-hydrogen) atoms. The summed E-state index contributed by atoms with van der Waals surface area (Å²) in [7, 11) is 0. The Bertz CT molecular complexity index is 653. The molecule has 0 aliphatic heterocycles. The number of amides is 1. The summed E-state index contributed by atoms with van der Waals surface area (Å²) >= 11 is 0. The van der Waals surface area contributed by atoms with Crippen molar-refractivity contribution in [2.24, 2.45) is 0 Å². The summed E-state index contributed by atoms with van der Waals surface area (Å²) in [6.07, 6.45) is 1.92. The Labute approximate surface area is 112 Å². The Kier molecular flexibility index (Phi) is 3.05. The first kappa shape index (κ1) is 12.5. The van der Waals surface area contributed by atoms with Crippen molar-refractivity contribution in [3.05, 3.63) is 35.7 Å². The van der Waals surface area contributed by atoms with Crippen LogP contribution in [-0.2, 0) is 0 Å². The second-order valence-corrected chi connectivity index (χ2v) is 4.48. The van der Waals surface area contributed by atoms with Gasteiger partial charge in [-0.15, -0.1) is 5.10 Å². The third-order valence-corrected chi connectivity index (χ3v) is 2.81. The van der Waals surface area contributed by atoms with Gasteiger partial charge >= 0.3 is 0 Å². The summed E-state index contributed by atoms with van der Waals surface area (Å²) in [6, 6.07) is 3.91. The minimum atomic E-state index is -1.03. The average Bonchev–Trinajstić information content (AvgIpc) is 3.11. The summed E-state index contributed by atoms with van der Waals surface area (Å²) in [6.45, 7) is 0. The summed E-state index contributed by atoms with van der Waals surface area (Å²) in [5.74, 6) is -2.35. The van der Waals surface area contributed by atoms with Crippen molar-refractivity contribution in [2.45, 2.75) is 18.9 Å². The van der Waals surface area contributed by atoms with E-state index >= 15 is 0 Å². The molecule has 104 valence electrons. The Morgan fingerprint density at radius 2 is 2.15 bits per heavy atom. The highest BCUT2D eigenvalue weighted by atomic mass is 19.2. The largest absolute Gasteiger partial charge is 0.347 e. The lowest BCUT2D eigenvalue weighted by molar-refractivity contribution is 0.0941.